The Morgan fingerprint density at radius 2 is 2.00 bits per heavy atom. The molecule has 1 aromatic rings. The van der Waals surface area contributed by atoms with Crippen LogP contribution >= 0.6 is 0 Å². The molecule has 3 heteroatoms. The van der Waals surface area contributed by atoms with E-state index in [2.05, 4.69) is 17.9 Å². The van der Waals surface area contributed by atoms with E-state index in [0.29, 0.717) is 13.1 Å². The molecule has 0 aliphatic carbocycles. The first kappa shape index (κ1) is 12.0. The van der Waals surface area contributed by atoms with Gasteiger partial charge in [0.05, 0.1) is 6.61 Å². The summed E-state index contributed by atoms with van der Waals surface area (Å²) in [6.07, 6.45) is 1.07. The molecule has 1 rings (SSSR count). The Morgan fingerprint density at radius 3 is 2.60 bits per heavy atom. The molecule has 0 fully saturated rings. The molecule has 0 atom stereocenters. The molecule has 0 saturated carbocycles. The van der Waals surface area contributed by atoms with Crippen molar-refractivity contribution in [3.8, 4) is 0 Å². The number of hydrogen-bond acceptors (Lipinski definition) is 3. The standard InChI is InChI=1S/C12H20N2O/c1-2-7-14(8-9-15)12-6-4-3-5-11(12)10-13/h3-6,15H,2,7-10,13H2,1H3. The van der Waals surface area contributed by atoms with Gasteiger partial charge < -0.3 is 15.7 Å². The average Bonchev–Trinajstić information content (AvgIpc) is 2.29. The van der Waals surface area contributed by atoms with Crippen LogP contribution in [0.15, 0.2) is 24.3 Å². The zero-order valence-electron chi connectivity index (χ0n) is 9.32. The predicted molar refractivity (Wildman–Crippen MR) is 63.9 cm³/mol. The van der Waals surface area contributed by atoms with Gasteiger partial charge in [0.25, 0.3) is 0 Å². The third-order valence-electron chi connectivity index (χ3n) is 2.42. The molecular formula is C12H20N2O. The Hall–Kier alpha value is -1.06. The molecule has 84 valence electrons. The number of hydrogen-bond donors (Lipinski definition) is 2. The molecule has 0 spiro atoms. The molecule has 0 aliphatic heterocycles. The van der Waals surface area contributed by atoms with Crippen LogP contribution in [0.2, 0.25) is 0 Å². The van der Waals surface area contributed by atoms with E-state index in [1.165, 1.54) is 0 Å². The van der Waals surface area contributed by atoms with E-state index in [1.54, 1.807) is 0 Å². The maximum absolute atomic E-state index is 9.02. The lowest BCUT2D eigenvalue weighted by molar-refractivity contribution is 0.301. The van der Waals surface area contributed by atoms with E-state index >= 15 is 0 Å². The van der Waals surface area contributed by atoms with E-state index < -0.39 is 0 Å². The molecule has 0 heterocycles. The zero-order chi connectivity index (χ0) is 11.1. The predicted octanol–water partition coefficient (Wildman–Crippen LogP) is 1.35. The Morgan fingerprint density at radius 1 is 1.27 bits per heavy atom. The van der Waals surface area contributed by atoms with Gasteiger partial charge in [-0.05, 0) is 18.1 Å². The van der Waals surface area contributed by atoms with Gasteiger partial charge >= 0.3 is 0 Å². The summed E-state index contributed by atoms with van der Waals surface area (Å²) in [5.74, 6) is 0. The van der Waals surface area contributed by atoms with Gasteiger partial charge in [0.2, 0.25) is 0 Å². The van der Waals surface area contributed by atoms with Gasteiger partial charge in [-0.1, -0.05) is 25.1 Å². The van der Waals surface area contributed by atoms with Crippen molar-refractivity contribution in [3.63, 3.8) is 0 Å². The summed E-state index contributed by atoms with van der Waals surface area (Å²) < 4.78 is 0. The van der Waals surface area contributed by atoms with E-state index in [1.807, 2.05) is 18.2 Å². The van der Waals surface area contributed by atoms with Crippen molar-refractivity contribution in [1.29, 1.82) is 0 Å². The molecule has 3 N–H and O–H groups in total. The highest BCUT2D eigenvalue weighted by Crippen LogP contribution is 2.19. The van der Waals surface area contributed by atoms with Gasteiger partial charge in [-0.2, -0.15) is 0 Å². The van der Waals surface area contributed by atoms with Gasteiger partial charge in [0.1, 0.15) is 0 Å². The summed E-state index contributed by atoms with van der Waals surface area (Å²) >= 11 is 0. The largest absolute Gasteiger partial charge is 0.395 e. The van der Waals surface area contributed by atoms with Gasteiger partial charge in [-0.25, -0.2) is 0 Å². The van der Waals surface area contributed by atoms with Crippen LogP contribution < -0.4 is 10.6 Å². The molecule has 0 aromatic heterocycles. The minimum absolute atomic E-state index is 0.179. The summed E-state index contributed by atoms with van der Waals surface area (Å²) in [6.45, 7) is 4.48. The summed E-state index contributed by atoms with van der Waals surface area (Å²) in [4.78, 5) is 2.18. The summed E-state index contributed by atoms with van der Waals surface area (Å²) in [5, 5.41) is 9.02. The monoisotopic (exact) mass is 208 g/mol. The number of benzene rings is 1. The lowest BCUT2D eigenvalue weighted by Gasteiger charge is -2.25. The first-order valence-corrected chi connectivity index (χ1v) is 5.47. The lowest BCUT2D eigenvalue weighted by Crippen LogP contribution is -2.28. The molecule has 0 bridgehead atoms. The fraction of sp³-hybridized carbons (Fsp3) is 0.500. The Bertz CT molecular complexity index is 283. The number of rotatable bonds is 6. The Labute approximate surface area is 91.5 Å². The highest BCUT2D eigenvalue weighted by atomic mass is 16.3. The van der Waals surface area contributed by atoms with Crippen molar-refractivity contribution in [2.75, 3.05) is 24.6 Å². The molecule has 1 aromatic carbocycles. The highest BCUT2D eigenvalue weighted by Gasteiger charge is 2.08. The molecule has 0 amide bonds. The number of anilines is 1. The van der Waals surface area contributed by atoms with E-state index in [0.717, 1.165) is 24.2 Å². The quantitative estimate of drug-likeness (QED) is 0.742. The third-order valence-corrected chi connectivity index (χ3v) is 2.42. The average molecular weight is 208 g/mol. The molecule has 0 saturated heterocycles. The summed E-state index contributed by atoms with van der Waals surface area (Å²) in [7, 11) is 0. The van der Waals surface area contributed by atoms with Gasteiger partial charge in [0, 0.05) is 25.3 Å². The van der Waals surface area contributed by atoms with Crippen LogP contribution in [0.1, 0.15) is 18.9 Å². The zero-order valence-corrected chi connectivity index (χ0v) is 9.32. The fourth-order valence-electron chi connectivity index (χ4n) is 1.74. The third kappa shape index (κ3) is 3.22. The topological polar surface area (TPSA) is 49.5 Å². The number of nitrogens with zero attached hydrogens (tertiary/aromatic N) is 1. The molecule has 3 nitrogen and oxygen atoms in total. The number of para-hydroxylation sites is 1. The van der Waals surface area contributed by atoms with Crippen molar-refractivity contribution in [3.05, 3.63) is 29.8 Å². The van der Waals surface area contributed by atoms with E-state index in [4.69, 9.17) is 10.8 Å². The first-order chi connectivity index (χ1) is 7.33. The van der Waals surface area contributed by atoms with Crippen molar-refractivity contribution in [2.45, 2.75) is 19.9 Å². The summed E-state index contributed by atoms with van der Waals surface area (Å²) in [6, 6.07) is 8.10. The van der Waals surface area contributed by atoms with Crippen LogP contribution in [0.3, 0.4) is 0 Å². The van der Waals surface area contributed by atoms with Crippen molar-refractivity contribution < 1.29 is 5.11 Å². The second-order valence-electron chi connectivity index (χ2n) is 3.54. The second kappa shape index (κ2) is 6.43. The van der Waals surface area contributed by atoms with Gasteiger partial charge in [-0.3, -0.25) is 0 Å². The molecule has 0 radical (unpaired) electrons. The minimum atomic E-state index is 0.179. The van der Waals surface area contributed by atoms with Crippen LogP contribution in [-0.2, 0) is 6.54 Å². The summed E-state index contributed by atoms with van der Waals surface area (Å²) in [5.41, 5.74) is 7.98. The first-order valence-electron chi connectivity index (χ1n) is 5.47. The molecule has 0 unspecified atom stereocenters. The lowest BCUT2D eigenvalue weighted by atomic mass is 10.1. The van der Waals surface area contributed by atoms with Gasteiger partial charge in [-0.15, -0.1) is 0 Å². The smallest absolute Gasteiger partial charge is 0.0606 e. The number of aliphatic hydroxyl groups is 1. The number of aliphatic hydroxyl groups excluding tert-OH is 1. The van der Waals surface area contributed by atoms with Crippen LogP contribution in [0, 0.1) is 0 Å². The molecule has 15 heavy (non-hydrogen) atoms. The normalized spacial score (nSPS) is 10.3. The SMILES string of the molecule is CCCN(CCO)c1ccccc1CN. The van der Waals surface area contributed by atoms with Crippen LogP contribution in [0.25, 0.3) is 0 Å². The maximum Gasteiger partial charge on any atom is 0.0606 e. The number of nitrogens with two attached hydrogens (primary N) is 1. The van der Waals surface area contributed by atoms with Crippen LogP contribution in [0.5, 0.6) is 0 Å². The van der Waals surface area contributed by atoms with Crippen molar-refractivity contribution >= 4 is 5.69 Å². The Kier molecular flexibility index (Phi) is 5.15. The highest BCUT2D eigenvalue weighted by molar-refractivity contribution is 5.53. The van der Waals surface area contributed by atoms with Crippen LogP contribution in [-0.4, -0.2) is 24.8 Å². The Balaban J connectivity index is 2.88. The minimum Gasteiger partial charge on any atom is -0.395 e. The fourth-order valence-corrected chi connectivity index (χ4v) is 1.74. The van der Waals surface area contributed by atoms with Gasteiger partial charge in [0.15, 0.2) is 0 Å². The van der Waals surface area contributed by atoms with Crippen molar-refractivity contribution in [1.82, 2.24) is 0 Å². The van der Waals surface area contributed by atoms with E-state index in [-0.39, 0.29) is 6.61 Å². The van der Waals surface area contributed by atoms with Crippen LogP contribution in [0.4, 0.5) is 5.69 Å². The molecule has 0 aliphatic rings. The van der Waals surface area contributed by atoms with Crippen molar-refractivity contribution in [2.24, 2.45) is 5.73 Å². The molecular weight excluding hydrogens is 188 g/mol. The second-order valence-corrected chi connectivity index (χ2v) is 3.54. The van der Waals surface area contributed by atoms with E-state index in [9.17, 15) is 0 Å². The maximum atomic E-state index is 9.02.